The minimum atomic E-state index is 0.132. The van der Waals surface area contributed by atoms with Gasteiger partial charge in [0.1, 0.15) is 0 Å². The summed E-state index contributed by atoms with van der Waals surface area (Å²) >= 11 is 0. The summed E-state index contributed by atoms with van der Waals surface area (Å²) in [4.78, 5) is 0. The summed E-state index contributed by atoms with van der Waals surface area (Å²) in [6.45, 7) is 10.1. The van der Waals surface area contributed by atoms with Crippen LogP contribution < -0.4 is 5.32 Å². The Morgan fingerprint density at radius 1 is 0.833 bits per heavy atom. The van der Waals surface area contributed by atoms with Gasteiger partial charge in [-0.25, -0.2) is 5.32 Å². The molecule has 0 unspecified atom stereocenters. The normalized spacial score (nSPS) is 12.4. The maximum atomic E-state index is 4.81. The fourth-order valence-corrected chi connectivity index (χ4v) is 1.99. The van der Waals surface area contributed by atoms with Gasteiger partial charge in [-0.1, -0.05) is 58.1 Å². The first-order chi connectivity index (χ1) is 8.62. The molecule has 0 bridgehead atoms. The summed E-state index contributed by atoms with van der Waals surface area (Å²) in [5, 5.41) is 4.81. The third-order valence-electron chi connectivity index (χ3n) is 3.31. The van der Waals surface area contributed by atoms with E-state index in [-0.39, 0.29) is 5.54 Å². The molecular weight excluding hydrogens is 218 g/mol. The number of hydrogen-bond acceptors (Lipinski definition) is 0. The van der Waals surface area contributed by atoms with E-state index in [0.29, 0.717) is 0 Å². The van der Waals surface area contributed by atoms with Crippen molar-refractivity contribution in [2.24, 2.45) is 0 Å². The van der Waals surface area contributed by atoms with E-state index in [9.17, 15) is 0 Å². The van der Waals surface area contributed by atoms with Crippen LogP contribution >= 0.6 is 0 Å². The van der Waals surface area contributed by atoms with E-state index in [4.69, 9.17) is 5.32 Å². The Balaban J connectivity index is 3.53. The van der Waals surface area contributed by atoms with E-state index in [2.05, 4.69) is 39.8 Å². The summed E-state index contributed by atoms with van der Waals surface area (Å²) in [6, 6.07) is 0. The lowest BCUT2D eigenvalue weighted by molar-refractivity contribution is 0.376. The average Bonchev–Trinajstić information content (AvgIpc) is 2.33. The highest BCUT2D eigenvalue weighted by Crippen LogP contribution is 2.12. The molecule has 0 aliphatic rings. The molecular formula is C17H34N. The van der Waals surface area contributed by atoms with Gasteiger partial charge in [0.2, 0.25) is 0 Å². The van der Waals surface area contributed by atoms with Crippen molar-refractivity contribution in [2.75, 3.05) is 6.54 Å². The minimum Gasteiger partial charge on any atom is -0.235 e. The topological polar surface area (TPSA) is 14.1 Å². The molecule has 0 aliphatic carbocycles. The molecule has 1 nitrogen and oxygen atoms in total. The third kappa shape index (κ3) is 12.2. The van der Waals surface area contributed by atoms with E-state index >= 15 is 0 Å². The first-order valence-corrected chi connectivity index (χ1v) is 7.96. The first-order valence-electron chi connectivity index (χ1n) is 7.96. The number of rotatable bonds is 12. The van der Waals surface area contributed by atoms with Gasteiger partial charge in [0.25, 0.3) is 0 Å². The van der Waals surface area contributed by atoms with Crippen LogP contribution in [0.25, 0.3) is 0 Å². The number of unbranched alkanes of at least 4 members (excludes halogenated alkanes) is 6. The van der Waals surface area contributed by atoms with Gasteiger partial charge < -0.3 is 0 Å². The maximum absolute atomic E-state index is 4.81. The maximum Gasteiger partial charge on any atom is 0.0334 e. The third-order valence-corrected chi connectivity index (χ3v) is 3.31. The first kappa shape index (κ1) is 17.7. The lowest BCUT2D eigenvalue weighted by Crippen LogP contribution is -2.32. The summed E-state index contributed by atoms with van der Waals surface area (Å²) in [7, 11) is 0. The van der Waals surface area contributed by atoms with Gasteiger partial charge in [0.05, 0.1) is 0 Å². The average molecular weight is 252 g/mol. The molecule has 0 rings (SSSR count). The molecule has 1 radical (unpaired) electrons. The van der Waals surface area contributed by atoms with Crippen molar-refractivity contribution in [3.63, 3.8) is 0 Å². The quantitative estimate of drug-likeness (QED) is 0.323. The van der Waals surface area contributed by atoms with Gasteiger partial charge in [-0.3, -0.25) is 0 Å². The van der Waals surface area contributed by atoms with Crippen LogP contribution in [0.5, 0.6) is 0 Å². The summed E-state index contributed by atoms with van der Waals surface area (Å²) < 4.78 is 0. The number of nitrogens with zero attached hydrogens (tertiary/aromatic N) is 1. The van der Waals surface area contributed by atoms with Crippen LogP contribution in [0, 0.1) is 0 Å². The summed E-state index contributed by atoms with van der Waals surface area (Å²) in [5.41, 5.74) is 0.132. The highest BCUT2D eigenvalue weighted by molar-refractivity contribution is 4.91. The predicted molar refractivity (Wildman–Crippen MR) is 83.1 cm³/mol. The van der Waals surface area contributed by atoms with E-state index in [1.54, 1.807) is 0 Å². The van der Waals surface area contributed by atoms with Gasteiger partial charge in [-0.15, -0.1) is 0 Å². The van der Waals surface area contributed by atoms with E-state index in [0.717, 1.165) is 13.0 Å². The van der Waals surface area contributed by atoms with Crippen LogP contribution in [0.2, 0.25) is 0 Å². The number of allylic oxidation sites excluding steroid dienone is 1. The Kier molecular flexibility index (Phi) is 11.6. The van der Waals surface area contributed by atoms with E-state index in [1.165, 1.54) is 51.4 Å². The SMILES string of the molecule is CCCCCC=CCC(C)(C)[N]CCCCCC. The Morgan fingerprint density at radius 2 is 1.50 bits per heavy atom. The zero-order chi connectivity index (χ0) is 13.7. The second-order valence-corrected chi connectivity index (χ2v) is 5.93. The second kappa shape index (κ2) is 11.8. The van der Waals surface area contributed by atoms with Gasteiger partial charge in [-0.2, -0.15) is 0 Å². The molecule has 0 aromatic carbocycles. The van der Waals surface area contributed by atoms with Crippen LogP contribution in [-0.2, 0) is 0 Å². The van der Waals surface area contributed by atoms with Crippen molar-refractivity contribution in [1.82, 2.24) is 5.32 Å². The van der Waals surface area contributed by atoms with E-state index < -0.39 is 0 Å². The van der Waals surface area contributed by atoms with Crippen molar-refractivity contribution < 1.29 is 0 Å². The van der Waals surface area contributed by atoms with Crippen molar-refractivity contribution in [3.8, 4) is 0 Å². The van der Waals surface area contributed by atoms with Crippen LogP contribution in [0.3, 0.4) is 0 Å². The minimum absolute atomic E-state index is 0.132. The van der Waals surface area contributed by atoms with Crippen molar-refractivity contribution >= 4 is 0 Å². The Bertz CT molecular complexity index is 194. The van der Waals surface area contributed by atoms with Crippen molar-refractivity contribution in [3.05, 3.63) is 12.2 Å². The Morgan fingerprint density at radius 3 is 2.17 bits per heavy atom. The molecule has 0 atom stereocenters. The molecule has 0 amide bonds. The molecule has 0 saturated carbocycles. The monoisotopic (exact) mass is 252 g/mol. The largest absolute Gasteiger partial charge is 0.235 e. The molecule has 107 valence electrons. The van der Waals surface area contributed by atoms with Crippen LogP contribution in [0.1, 0.15) is 85.5 Å². The zero-order valence-corrected chi connectivity index (χ0v) is 13.2. The van der Waals surface area contributed by atoms with Gasteiger partial charge in [0, 0.05) is 12.1 Å². The molecule has 0 fully saturated rings. The molecule has 0 aromatic heterocycles. The predicted octanol–water partition coefficient (Wildman–Crippen LogP) is 5.48. The van der Waals surface area contributed by atoms with Gasteiger partial charge in [-0.05, 0) is 39.5 Å². The Labute approximate surface area is 115 Å². The molecule has 1 heteroatoms. The van der Waals surface area contributed by atoms with Crippen LogP contribution in [0.15, 0.2) is 12.2 Å². The lowest BCUT2D eigenvalue weighted by atomic mass is 9.99. The molecule has 18 heavy (non-hydrogen) atoms. The molecule has 0 heterocycles. The van der Waals surface area contributed by atoms with Crippen LogP contribution in [0.4, 0.5) is 0 Å². The molecule has 0 spiro atoms. The number of hydrogen-bond donors (Lipinski definition) is 0. The van der Waals surface area contributed by atoms with Crippen LogP contribution in [-0.4, -0.2) is 12.1 Å². The molecule has 0 aliphatic heterocycles. The molecule has 0 aromatic rings. The van der Waals surface area contributed by atoms with Gasteiger partial charge in [0.15, 0.2) is 0 Å². The molecule has 0 saturated heterocycles. The van der Waals surface area contributed by atoms with Gasteiger partial charge >= 0.3 is 0 Å². The summed E-state index contributed by atoms with van der Waals surface area (Å²) in [6.07, 6.45) is 16.3. The summed E-state index contributed by atoms with van der Waals surface area (Å²) in [5.74, 6) is 0. The fourth-order valence-electron chi connectivity index (χ4n) is 1.99. The molecule has 0 N–H and O–H groups in total. The zero-order valence-electron chi connectivity index (χ0n) is 13.2. The lowest BCUT2D eigenvalue weighted by Gasteiger charge is -2.22. The van der Waals surface area contributed by atoms with Crippen molar-refractivity contribution in [1.29, 1.82) is 0 Å². The fraction of sp³-hybridized carbons (Fsp3) is 0.882. The van der Waals surface area contributed by atoms with E-state index in [1.807, 2.05) is 0 Å². The standard InChI is InChI=1S/C17H34N/c1-5-7-9-11-12-13-15-17(3,4)18-16-14-10-8-6-2/h12-13H,5-11,14-16H2,1-4H3. The smallest absolute Gasteiger partial charge is 0.0334 e. The second-order valence-electron chi connectivity index (χ2n) is 5.93. The highest BCUT2D eigenvalue weighted by atomic mass is 14.9. The highest BCUT2D eigenvalue weighted by Gasteiger charge is 2.15. The Hall–Kier alpha value is -0.300. The van der Waals surface area contributed by atoms with Crippen molar-refractivity contribution in [2.45, 2.75) is 91.0 Å².